The van der Waals surface area contributed by atoms with Crippen LogP contribution < -0.4 is 5.32 Å². The first kappa shape index (κ1) is 16.2. The summed E-state index contributed by atoms with van der Waals surface area (Å²) < 4.78 is 25.8. The number of ether oxygens (including phenoxy) is 2. The highest BCUT2D eigenvalue weighted by molar-refractivity contribution is 6.60. The lowest BCUT2D eigenvalue weighted by Crippen LogP contribution is -2.43. The predicted octanol–water partition coefficient (Wildman–Crippen LogP) is 0.936. The Morgan fingerprint density at radius 3 is 1.94 bits per heavy atom. The molecule has 0 aromatic carbocycles. The van der Waals surface area contributed by atoms with Gasteiger partial charge in [-0.1, -0.05) is 0 Å². The topological polar surface area (TPSA) is 58.2 Å². The van der Waals surface area contributed by atoms with E-state index in [0.717, 1.165) is 19.0 Å². The van der Waals surface area contributed by atoms with Crippen molar-refractivity contribution in [3.63, 3.8) is 0 Å². The first-order chi connectivity index (χ1) is 8.17. The molecule has 0 saturated carbocycles. The lowest BCUT2D eigenvalue weighted by Gasteiger charge is -2.24. The molecule has 0 spiro atoms. The summed E-state index contributed by atoms with van der Waals surface area (Å²) in [6.45, 7) is 0.765. The van der Waals surface area contributed by atoms with Crippen molar-refractivity contribution < 1.29 is 22.8 Å². The summed E-state index contributed by atoms with van der Waals surface area (Å²) in [4.78, 5) is 0. The maximum absolute atomic E-state index is 5.31. The fourth-order valence-electron chi connectivity index (χ4n) is 1.32. The van der Waals surface area contributed by atoms with Crippen LogP contribution in [-0.2, 0) is 22.8 Å². The van der Waals surface area contributed by atoms with E-state index in [4.69, 9.17) is 22.8 Å². The van der Waals surface area contributed by atoms with Gasteiger partial charge < -0.3 is 28.1 Å². The Kier molecular flexibility index (Phi) is 8.87. The van der Waals surface area contributed by atoms with E-state index in [1.165, 1.54) is 0 Å². The molecule has 6 nitrogen and oxygen atoms in total. The van der Waals surface area contributed by atoms with Crippen molar-refractivity contribution in [1.82, 2.24) is 5.32 Å². The Morgan fingerprint density at radius 1 is 1.00 bits per heavy atom. The molecule has 17 heavy (non-hydrogen) atoms. The van der Waals surface area contributed by atoms with E-state index in [0.29, 0.717) is 5.95 Å². The van der Waals surface area contributed by atoms with Gasteiger partial charge in [0.2, 0.25) is 0 Å². The molecule has 0 rings (SSSR count). The number of hydrogen-bond donors (Lipinski definition) is 1. The van der Waals surface area contributed by atoms with E-state index in [-0.39, 0.29) is 0 Å². The van der Waals surface area contributed by atoms with Crippen LogP contribution >= 0.6 is 0 Å². The van der Waals surface area contributed by atoms with Crippen molar-refractivity contribution >= 4 is 8.80 Å². The van der Waals surface area contributed by atoms with Crippen LogP contribution in [0.4, 0.5) is 0 Å². The molecule has 0 aliphatic rings. The van der Waals surface area contributed by atoms with Crippen molar-refractivity contribution in [2.75, 3.05) is 42.1 Å². The first-order valence-corrected chi connectivity index (χ1v) is 7.28. The van der Waals surface area contributed by atoms with E-state index in [1.807, 2.05) is 0 Å². The Hall–Kier alpha value is -0.763. The van der Waals surface area contributed by atoms with E-state index in [2.05, 4.69) is 5.32 Å². The van der Waals surface area contributed by atoms with Gasteiger partial charge >= 0.3 is 8.80 Å². The third kappa shape index (κ3) is 5.92. The molecule has 0 amide bonds. The summed E-state index contributed by atoms with van der Waals surface area (Å²) in [5, 5.41) is 3.08. The van der Waals surface area contributed by atoms with E-state index in [9.17, 15) is 0 Å². The second kappa shape index (κ2) is 9.29. The smallest absolute Gasteiger partial charge is 0.468 e. The van der Waals surface area contributed by atoms with Crippen molar-refractivity contribution in [2.24, 2.45) is 0 Å². The maximum atomic E-state index is 5.31. The van der Waals surface area contributed by atoms with Gasteiger partial charge in [0.1, 0.15) is 0 Å². The third-order valence-electron chi connectivity index (χ3n) is 2.36. The van der Waals surface area contributed by atoms with Gasteiger partial charge in [-0.15, -0.1) is 0 Å². The second-order valence-electron chi connectivity index (χ2n) is 3.22. The molecule has 7 heteroatoms. The summed E-state index contributed by atoms with van der Waals surface area (Å²) in [6.07, 6.45) is 2.55. The molecule has 0 atom stereocenters. The zero-order valence-corrected chi connectivity index (χ0v) is 12.2. The Balaban J connectivity index is 3.87. The number of methoxy groups -OCH3 is 2. The average molecular weight is 265 g/mol. The van der Waals surface area contributed by atoms with E-state index in [1.54, 1.807) is 41.7 Å². The van der Waals surface area contributed by atoms with Gasteiger partial charge in [-0.2, -0.15) is 0 Å². The van der Waals surface area contributed by atoms with Crippen LogP contribution in [0.1, 0.15) is 6.42 Å². The summed E-state index contributed by atoms with van der Waals surface area (Å²) in [6, 6.07) is 0.757. The van der Waals surface area contributed by atoms with Crippen LogP contribution in [0.5, 0.6) is 0 Å². The molecule has 0 heterocycles. The van der Waals surface area contributed by atoms with Crippen molar-refractivity contribution in [3.8, 4) is 0 Å². The van der Waals surface area contributed by atoms with Gasteiger partial charge in [0.15, 0.2) is 0 Å². The standard InChI is InChI=1S/C10H23NO5Si/c1-12-10(13-2)9-11-7-6-8-17(14-3,15-4)16-5/h9,11H,6-8H2,1-5H3. The van der Waals surface area contributed by atoms with Crippen LogP contribution in [0.15, 0.2) is 12.1 Å². The highest BCUT2D eigenvalue weighted by atomic mass is 28.4. The largest absolute Gasteiger partial charge is 0.500 e. The fraction of sp³-hybridized carbons (Fsp3) is 0.800. The molecule has 0 saturated heterocycles. The molecule has 0 aliphatic heterocycles. The summed E-state index contributed by atoms with van der Waals surface area (Å²) >= 11 is 0. The van der Waals surface area contributed by atoms with E-state index >= 15 is 0 Å². The number of nitrogens with one attached hydrogen (secondary N) is 1. The van der Waals surface area contributed by atoms with Crippen LogP contribution in [0.25, 0.3) is 0 Å². The highest BCUT2D eigenvalue weighted by Crippen LogP contribution is 2.14. The lowest BCUT2D eigenvalue weighted by molar-refractivity contribution is 0.0930. The average Bonchev–Trinajstić information content (AvgIpc) is 2.39. The molecular weight excluding hydrogens is 242 g/mol. The van der Waals surface area contributed by atoms with Gasteiger partial charge in [-0.05, 0) is 6.42 Å². The van der Waals surface area contributed by atoms with Gasteiger partial charge in [0.25, 0.3) is 5.95 Å². The maximum Gasteiger partial charge on any atom is 0.500 e. The van der Waals surface area contributed by atoms with Crippen molar-refractivity contribution in [3.05, 3.63) is 12.1 Å². The monoisotopic (exact) mass is 265 g/mol. The molecular formula is C10H23NO5Si. The van der Waals surface area contributed by atoms with Gasteiger partial charge in [-0.3, -0.25) is 0 Å². The zero-order chi connectivity index (χ0) is 13.1. The molecule has 0 aliphatic carbocycles. The minimum Gasteiger partial charge on any atom is -0.468 e. The van der Waals surface area contributed by atoms with Gasteiger partial charge in [-0.25, -0.2) is 0 Å². The molecule has 0 bridgehead atoms. The van der Waals surface area contributed by atoms with Crippen LogP contribution in [0.2, 0.25) is 6.04 Å². The highest BCUT2D eigenvalue weighted by Gasteiger charge is 2.36. The van der Waals surface area contributed by atoms with Crippen LogP contribution in [-0.4, -0.2) is 50.9 Å². The number of rotatable bonds is 10. The minimum absolute atomic E-state index is 0.443. The molecule has 0 aromatic heterocycles. The van der Waals surface area contributed by atoms with E-state index < -0.39 is 8.80 Å². The molecule has 0 unspecified atom stereocenters. The van der Waals surface area contributed by atoms with Crippen LogP contribution in [0.3, 0.4) is 0 Å². The molecule has 0 aromatic rings. The minimum atomic E-state index is -2.43. The second-order valence-corrected chi connectivity index (χ2v) is 6.32. The summed E-state index contributed by atoms with van der Waals surface area (Å²) in [5.74, 6) is 0.443. The predicted molar refractivity (Wildman–Crippen MR) is 66.3 cm³/mol. The van der Waals surface area contributed by atoms with Gasteiger partial charge in [0.05, 0.1) is 20.4 Å². The van der Waals surface area contributed by atoms with Crippen molar-refractivity contribution in [1.29, 1.82) is 0 Å². The molecule has 102 valence electrons. The van der Waals surface area contributed by atoms with Crippen LogP contribution in [0, 0.1) is 0 Å². The SMILES string of the molecule is COC(=CNCCC[Si](OC)(OC)OC)OC. The Bertz CT molecular complexity index is 206. The first-order valence-electron chi connectivity index (χ1n) is 5.35. The Labute approximate surface area is 104 Å². The normalized spacial score (nSPS) is 10.9. The fourth-order valence-corrected chi connectivity index (χ4v) is 3.04. The van der Waals surface area contributed by atoms with Gasteiger partial charge in [0, 0.05) is 33.9 Å². The zero-order valence-electron chi connectivity index (χ0n) is 11.2. The lowest BCUT2D eigenvalue weighted by atomic mass is 10.5. The number of hydrogen-bond acceptors (Lipinski definition) is 6. The molecule has 0 fully saturated rings. The summed E-state index contributed by atoms with van der Waals surface area (Å²) in [7, 11) is 5.50. The van der Waals surface area contributed by atoms with Crippen molar-refractivity contribution in [2.45, 2.75) is 12.5 Å². The molecule has 1 N–H and O–H groups in total. The Morgan fingerprint density at radius 2 is 1.53 bits per heavy atom. The quantitative estimate of drug-likeness (QED) is 0.360. The molecule has 0 radical (unpaired) electrons. The third-order valence-corrected chi connectivity index (χ3v) is 5.19. The summed E-state index contributed by atoms with van der Waals surface area (Å²) in [5.41, 5.74) is 0.